The van der Waals surface area contributed by atoms with Crippen LogP contribution in [0.5, 0.6) is 0 Å². The second-order valence-corrected chi connectivity index (χ2v) is 8.20. The molecule has 10 nitrogen and oxygen atoms in total. The fourth-order valence-corrected chi connectivity index (χ4v) is 3.93. The molecule has 1 amide bonds. The van der Waals surface area contributed by atoms with E-state index in [0.717, 1.165) is 0 Å². The maximum absolute atomic E-state index is 12.5. The molecule has 1 saturated heterocycles. The molecule has 3 atom stereocenters. The van der Waals surface area contributed by atoms with Crippen molar-refractivity contribution in [2.45, 2.75) is 50.7 Å². The summed E-state index contributed by atoms with van der Waals surface area (Å²) >= 11 is 6.29. The molecule has 0 unspecified atom stereocenters. The smallest absolute Gasteiger partial charge is 0.480 e. The molecular formula is C18H21ClN2O8. The zero-order valence-electron chi connectivity index (χ0n) is 16.2. The van der Waals surface area contributed by atoms with Gasteiger partial charge in [0.2, 0.25) is 6.23 Å². The zero-order valence-corrected chi connectivity index (χ0v) is 17.0. The number of nitrogens with zero attached hydrogens (tertiary/aromatic N) is 2. The Kier molecular flexibility index (Phi) is 5.04. The van der Waals surface area contributed by atoms with E-state index < -0.39 is 41.7 Å². The summed E-state index contributed by atoms with van der Waals surface area (Å²) in [7, 11) is 1.50. The largest absolute Gasteiger partial charge is 0.509 e. The van der Waals surface area contributed by atoms with Gasteiger partial charge in [-0.1, -0.05) is 23.7 Å². The Morgan fingerprint density at radius 3 is 2.48 bits per heavy atom. The Balaban J connectivity index is 2.18. The first-order valence-electron chi connectivity index (χ1n) is 8.73. The molecule has 1 fully saturated rings. The van der Waals surface area contributed by atoms with E-state index in [4.69, 9.17) is 25.9 Å². The van der Waals surface area contributed by atoms with E-state index in [2.05, 4.69) is 0 Å². The van der Waals surface area contributed by atoms with Crippen LogP contribution in [-0.4, -0.2) is 58.2 Å². The average molecular weight is 429 g/mol. The normalized spacial score (nSPS) is 25.8. The van der Waals surface area contributed by atoms with Crippen LogP contribution in [0.2, 0.25) is 5.02 Å². The van der Waals surface area contributed by atoms with E-state index in [1.807, 2.05) is 0 Å². The van der Waals surface area contributed by atoms with E-state index in [0.29, 0.717) is 16.2 Å². The van der Waals surface area contributed by atoms with Crippen molar-refractivity contribution >= 4 is 35.5 Å². The third kappa shape index (κ3) is 3.53. The van der Waals surface area contributed by atoms with Crippen LogP contribution in [0.15, 0.2) is 18.2 Å². The van der Waals surface area contributed by atoms with E-state index in [9.17, 15) is 24.6 Å². The fourth-order valence-electron chi connectivity index (χ4n) is 3.64. The molecule has 11 heteroatoms. The molecule has 29 heavy (non-hydrogen) atoms. The maximum atomic E-state index is 12.5. The van der Waals surface area contributed by atoms with Gasteiger partial charge in [0.25, 0.3) is 0 Å². The first-order valence-corrected chi connectivity index (χ1v) is 9.11. The van der Waals surface area contributed by atoms with Gasteiger partial charge < -0.3 is 19.7 Å². The number of carboxylic acid groups (broad SMARTS) is 2. The lowest BCUT2D eigenvalue weighted by Gasteiger charge is -2.44. The van der Waals surface area contributed by atoms with E-state index in [-0.39, 0.29) is 11.4 Å². The number of ether oxygens (including phenoxy) is 2. The highest BCUT2D eigenvalue weighted by Gasteiger charge is 2.65. The van der Waals surface area contributed by atoms with Gasteiger partial charge in [-0.15, -0.1) is 0 Å². The lowest BCUT2D eigenvalue weighted by Crippen LogP contribution is -2.56. The van der Waals surface area contributed by atoms with Crippen LogP contribution < -0.4 is 5.06 Å². The number of carbonyl (C=O) groups excluding carboxylic acids is 1. The van der Waals surface area contributed by atoms with Gasteiger partial charge in [0.1, 0.15) is 11.6 Å². The molecule has 0 radical (unpaired) electrons. The molecular weight excluding hydrogens is 408 g/mol. The van der Waals surface area contributed by atoms with Crippen LogP contribution in [0.25, 0.3) is 0 Å². The highest BCUT2D eigenvalue weighted by molar-refractivity contribution is 6.33. The zero-order chi connectivity index (χ0) is 21.7. The topological polar surface area (TPSA) is 126 Å². The highest BCUT2D eigenvalue weighted by atomic mass is 35.5. The van der Waals surface area contributed by atoms with Gasteiger partial charge in [-0.05, 0) is 26.8 Å². The lowest BCUT2D eigenvalue weighted by molar-refractivity contribution is -0.172. The third-order valence-electron chi connectivity index (χ3n) is 4.66. The van der Waals surface area contributed by atoms with Gasteiger partial charge in [0, 0.05) is 19.0 Å². The number of hydroxylamine groups is 1. The van der Waals surface area contributed by atoms with Gasteiger partial charge in [-0.2, -0.15) is 0 Å². The van der Waals surface area contributed by atoms with E-state index >= 15 is 0 Å². The van der Waals surface area contributed by atoms with Crippen molar-refractivity contribution in [2.75, 3.05) is 12.1 Å². The fraction of sp³-hybridized carbons (Fsp3) is 0.500. The van der Waals surface area contributed by atoms with Crippen LogP contribution in [0.1, 0.15) is 32.8 Å². The number of rotatable bonds is 2. The number of carboxylic acids is 1. The van der Waals surface area contributed by atoms with Crippen molar-refractivity contribution in [3.8, 4) is 0 Å². The third-order valence-corrected chi connectivity index (χ3v) is 4.97. The monoisotopic (exact) mass is 428 g/mol. The number of hydrogen-bond donors (Lipinski definition) is 2. The van der Waals surface area contributed by atoms with Crippen molar-refractivity contribution in [1.29, 1.82) is 0 Å². The first kappa shape index (κ1) is 21.0. The van der Waals surface area contributed by atoms with Crippen LogP contribution >= 0.6 is 11.6 Å². The lowest BCUT2D eigenvalue weighted by atomic mass is 9.87. The summed E-state index contributed by atoms with van der Waals surface area (Å²) in [5.41, 5.74) is -1.99. The molecule has 2 aliphatic rings. The Morgan fingerprint density at radius 1 is 1.28 bits per heavy atom. The molecule has 158 valence electrons. The van der Waals surface area contributed by atoms with E-state index in [1.165, 1.54) is 12.1 Å². The summed E-state index contributed by atoms with van der Waals surface area (Å²) < 4.78 is 10.9. The second-order valence-electron chi connectivity index (χ2n) is 7.80. The van der Waals surface area contributed by atoms with Crippen molar-refractivity contribution in [2.24, 2.45) is 0 Å². The summed E-state index contributed by atoms with van der Waals surface area (Å²) in [6.45, 7) is 4.91. The number of aliphatic carboxylic acids is 1. The van der Waals surface area contributed by atoms with Crippen molar-refractivity contribution in [3.63, 3.8) is 0 Å². The van der Waals surface area contributed by atoms with Crippen LogP contribution in [-0.2, 0) is 24.7 Å². The molecule has 0 saturated carbocycles. The minimum Gasteiger partial charge on any atom is -0.480 e. The van der Waals surface area contributed by atoms with Crippen molar-refractivity contribution in [1.82, 2.24) is 4.90 Å². The Morgan fingerprint density at radius 2 is 1.93 bits per heavy atom. The first-order chi connectivity index (χ1) is 13.4. The standard InChI is InChI=1S/C18H21ClN2O8/c1-17(2,3)27-16(26)28-18-8-11(13(22)23)21(15(24)25)14(18)29-20(4)12-9(18)6-5-7-10(12)19/h5-7,11,14H,8H2,1-4H3,(H,22,23)(H,24,25)/t11-,14+,18+/m0/s1. The average Bonchev–Trinajstić information content (AvgIpc) is 2.88. The summed E-state index contributed by atoms with van der Waals surface area (Å²) in [4.78, 5) is 42.5. The molecule has 1 aromatic carbocycles. The number of para-hydroxylation sites is 1. The van der Waals surface area contributed by atoms with E-state index in [1.54, 1.807) is 39.0 Å². The number of benzene rings is 1. The van der Waals surface area contributed by atoms with Gasteiger partial charge >= 0.3 is 18.2 Å². The molecule has 2 heterocycles. The van der Waals surface area contributed by atoms with Gasteiger partial charge in [0.05, 0.1) is 10.7 Å². The Bertz CT molecular complexity index is 870. The van der Waals surface area contributed by atoms with Crippen LogP contribution in [0.3, 0.4) is 0 Å². The van der Waals surface area contributed by atoms with Gasteiger partial charge in [0.15, 0.2) is 5.60 Å². The quantitative estimate of drug-likeness (QED) is 0.683. The van der Waals surface area contributed by atoms with Crippen LogP contribution in [0.4, 0.5) is 15.3 Å². The number of amides is 1. The molecule has 1 aromatic rings. The van der Waals surface area contributed by atoms with Crippen LogP contribution in [0, 0.1) is 0 Å². The molecule has 3 rings (SSSR count). The summed E-state index contributed by atoms with van der Waals surface area (Å²) in [6.07, 6.45) is -4.45. The summed E-state index contributed by atoms with van der Waals surface area (Å²) in [6, 6.07) is 3.25. The van der Waals surface area contributed by atoms with Crippen molar-refractivity contribution < 1.29 is 38.9 Å². The van der Waals surface area contributed by atoms with Gasteiger partial charge in [-0.3, -0.25) is 9.96 Å². The molecule has 0 aromatic heterocycles. The molecule has 0 bridgehead atoms. The minimum absolute atomic E-state index is 0.260. The predicted octanol–water partition coefficient (Wildman–Crippen LogP) is 3.03. The Labute approximate surface area is 171 Å². The summed E-state index contributed by atoms with van der Waals surface area (Å²) in [5.74, 6) is -1.40. The Hall–Kier alpha value is -2.72. The maximum Gasteiger partial charge on any atom is 0.509 e. The number of halogens is 1. The number of carbonyl (C=O) groups is 3. The minimum atomic E-state index is -1.77. The number of fused-ring (bicyclic) bond motifs is 3. The molecule has 0 spiro atoms. The molecule has 2 N–H and O–H groups in total. The second kappa shape index (κ2) is 6.96. The highest BCUT2D eigenvalue weighted by Crippen LogP contribution is 2.53. The number of likely N-dealkylation sites (tertiary alicyclic amines) is 1. The SMILES string of the molecule is CN1O[C@H]2N(C(=O)O)[C@H](C(=O)O)C[C@@]2(OC(=O)OC(C)(C)C)c2cccc(Cl)c21. The molecule has 0 aliphatic carbocycles. The number of anilines is 1. The molecule has 2 aliphatic heterocycles. The predicted molar refractivity (Wildman–Crippen MR) is 99.6 cm³/mol. The van der Waals surface area contributed by atoms with Crippen molar-refractivity contribution in [3.05, 3.63) is 28.8 Å². The van der Waals surface area contributed by atoms with Gasteiger partial charge in [-0.25, -0.2) is 19.2 Å². The summed E-state index contributed by atoms with van der Waals surface area (Å²) in [5, 5.41) is 20.8. The number of hydrogen-bond acceptors (Lipinski definition) is 7.